The van der Waals surface area contributed by atoms with Gasteiger partial charge in [0, 0.05) is 43.4 Å². The van der Waals surface area contributed by atoms with Crippen molar-refractivity contribution >= 4 is 40.1 Å². The average Bonchev–Trinajstić information content (AvgIpc) is 3.51. The summed E-state index contributed by atoms with van der Waals surface area (Å²) < 4.78 is 24.5. The van der Waals surface area contributed by atoms with Crippen molar-refractivity contribution in [2.75, 3.05) is 23.3 Å². The van der Waals surface area contributed by atoms with Crippen LogP contribution in [0, 0.1) is 5.82 Å². The van der Waals surface area contributed by atoms with Gasteiger partial charge in [0.25, 0.3) is 0 Å². The second-order valence-corrected chi connectivity index (χ2v) is 9.79. The smallest absolute Gasteiger partial charge is 0.414 e. The summed E-state index contributed by atoms with van der Waals surface area (Å²) >= 11 is 1.23. The van der Waals surface area contributed by atoms with E-state index in [-0.39, 0.29) is 24.8 Å². The molecule has 1 fully saturated rings. The predicted molar refractivity (Wildman–Crippen MR) is 142 cm³/mol. The third-order valence-electron chi connectivity index (χ3n) is 6.00. The van der Waals surface area contributed by atoms with Crippen LogP contribution in [0.5, 0.6) is 0 Å². The molecule has 2 atom stereocenters. The lowest BCUT2D eigenvalue weighted by Crippen LogP contribution is -2.33. The van der Waals surface area contributed by atoms with Crippen molar-refractivity contribution in [1.82, 2.24) is 14.7 Å². The van der Waals surface area contributed by atoms with E-state index in [0.717, 1.165) is 5.56 Å². The number of hydrogen-bond donors (Lipinski definition) is 3. The number of nitrogens with two attached hydrogens (primary N) is 1. The highest BCUT2D eigenvalue weighted by atomic mass is 32.1. The summed E-state index contributed by atoms with van der Waals surface area (Å²) in [4.78, 5) is 40.7. The van der Waals surface area contributed by atoms with Crippen LogP contribution in [-0.2, 0) is 27.3 Å². The highest BCUT2D eigenvalue weighted by Gasteiger charge is 2.32. The first-order valence-electron chi connectivity index (χ1n) is 12.2. The van der Waals surface area contributed by atoms with E-state index in [1.165, 1.54) is 29.4 Å². The molecule has 0 radical (unpaired) electrons. The first kappa shape index (κ1) is 27.1. The number of benzene rings is 2. The van der Waals surface area contributed by atoms with Crippen molar-refractivity contribution in [2.24, 2.45) is 5.73 Å². The summed E-state index contributed by atoms with van der Waals surface area (Å²) in [5, 5.41) is 6.48. The second kappa shape index (κ2) is 12.1. The Morgan fingerprint density at radius 1 is 1.26 bits per heavy atom. The highest BCUT2D eigenvalue weighted by Crippen LogP contribution is 2.29. The molecule has 2 heterocycles. The van der Waals surface area contributed by atoms with E-state index < -0.39 is 24.1 Å². The van der Waals surface area contributed by atoms with Crippen molar-refractivity contribution in [2.45, 2.75) is 45.4 Å². The zero-order chi connectivity index (χ0) is 27.2. The lowest BCUT2D eigenvalue weighted by molar-refractivity contribution is -0.120. The maximum Gasteiger partial charge on any atom is 0.414 e. The molecule has 2 amide bonds. The fraction of sp³-hybridized carbons (Fsp3) is 0.346. The number of nitrogens with zero attached hydrogens (tertiary/aromatic N) is 3. The minimum absolute atomic E-state index is 0.0219. The van der Waals surface area contributed by atoms with E-state index in [4.69, 9.17) is 10.5 Å². The molecule has 0 bridgehead atoms. The van der Waals surface area contributed by atoms with E-state index in [2.05, 4.69) is 20.0 Å². The average molecular weight is 541 g/mol. The number of ether oxygens (including phenoxy) is 1. The number of carbonyl (C=O) groups is 3. The maximum absolute atomic E-state index is 15.0. The number of carbonyl (C=O) groups excluding carboxylic acids is 3. The monoisotopic (exact) mass is 540 g/mol. The van der Waals surface area contributed by atoms with Crippen LogP contribution in [0.2, 0.25) is 0 Å². The zero-order valence-electron chi connectivity index (χ0n) is 21.1. The first-order chi connectivity index (χ1) is 18.2. The minimum atomic E-state index is -0.578. The van der Waals surface area contributed by atoms with Crippen LogP contribution >= 0.6 is 11.5 Å². The Bertz CT molecular complexity index is 1310. The quantitative estimate of drug-likeness (QED) is 0.337. The SMILES string of the molecule is CC(=O)NC[C@H]1CN(c2ccc(-c3ccc(CNc4nc(CCC(=O)[C@H](C)N)ns4)cc3)c(F)c2)C(=O)O1. The van der Waals surface area contributed by atoms with Gasteiger partial charge in [-0.15, -0.1) is 0 Å². The Morgan fingerprint density at radius 2 is 2.03 bits per heavy atom. The molecule has 0 unspecified atom stereocenters. The van der Waals surface area contributed by atoms with Gasteiger partial charge >= 0.3 is 6.09 Å². The molecule has 0 spiro atoms. The Balaban J connectivity index is 1.33. The van der Waals surface area contributed by atoms with Gasteiger partial charge in [0.1, 0.15) is 23.5 Å². The van der Waals surface area contributed by atoms with Crippen LogP contribution in [0.3, 0.4) is 0 Å². The largest absolute Gasteiger partial charge is 0.442 e. The fourth-order valence-electron chi connectivity index (χ4n) is 3.87. The van der Waals surface area contributed by atoms with E-state index in [9.17, 15) is 14.4 Å². The number of aromatic nitrogens is 2. The summed E-state index contributed by atoms with van der Waals surface area (Å²) in [7, 11) is 0. The number of amides is 2. The molecule has 1 aromatic heterocycles. The Morgan fingerprint density at radius 3 is 2.71 bits per heavy atom. The lowest BCUT2D eigenvalue weighted by atomic mass is 10.0. The number of Topliss-reactive ketones (excluding diaryl/α,β-unsaturated/α-hetero) is 1. The Hall–Kier alpha value is -3.90. The molecular formula is C26H29FN6O4S. The third kappa shape index (κ3) is 6.90. The number of halogens is 1. The molecule has 1 aliphatic rings. The van der Waals surface area contributed by atoms with Gasteiger partial charge in [0.2, 0.25) is 11.0 Å². The summed E-state index contributed by atoms with van der Waals surface area (Å²) in [6.45, 7) is 3.98. The number of aryl methyl sites for hydroxylation is 1. The molecule has 3 aromatic rings. The number of anilines is 2. The molecule has 0 saturated carbocycles. The molecule has 10 nitrogen and oxygen atoms in total. The van der Waals surface area contributed by atoms with Crippen molar-refractivity contribution in [3.63, 3.8) is 0 Å². The number of nitrogens with one attached hydrogen (secondary N) is 2. The van der Waals surface area contributed by atoms with Crippen LogP contribution < -0.4 is 21.3 Å². The Kier molecular flexibility index (Phi) is 8.64. The molecular weight excluding hydrogens is 511 g/mol. The first-order valence-corrected chi connectivity index (χ1v) is 12.9. The van der Waals surface area contributed by atoms with Gasteiger partial charge < -0.3 is 21.1 Å². The minimum Gasteiger partial charge on any atom is -0.442 e. The molecule has 4 rings (SSSR count). The normalized spacial score (nSPS) is 15.7. The van der Waals surface area contributed by atoms with Gasteiger partial charge in [-0.25, -0.2) is 14.2 Å². The van der Waals surface area contributed by atoms with Gasteiger partial charge in [0.15, 0.2) is 0 Å². The molecule has 38 heavy (non-hydrogen) atoms. The number of rotatable bonds is 11. The van der Waals surface area contributed by atoms with Gasteiger partial charge in [-0.1, -0.05) is 24.3 Å². The van der Waals surface area contributed by atoms with Gasteiger partial charge in [-0.3, -0.25) is 14.5 Å². The van der Waals surface area contributed by atoms with Crippen molar-refractivity contribution in [3.8, 4) is 11.1 Å². The van der Waals surface area contributed by atoms with Gasteiger partial charge in [-0.2, -0.15) is 4.37 Å². The molecule has 12 heteroatoms. The zero-order valence-corrected chi connectivity index (χ0v) is 21.9. The highest BCUT2D eigenvalue weighted by molar-refractivity contribution is 7.09. The lowest BCUT2D eigenvalue weighted by Gasteiger charge is -2.15. The molecule has 0 aliphatic carbocycles. The van der Waals surface area contributed by atoms with Crippen molar-refractivity contribution in [3.05, 3.63) is 59.7 Å². The second-order valence-electron chi connectivity index (χ2n) is 9.04. The summed E-state index contributed by atoms with van der Waals surface area (Å²) in [6, 6.07) is 11.6. The van der Waals surface area contributed by atoms with Crippen molar-refractivity contribution < 1.29 is 23.5 Å². The van der Waals surface area contributed by atoms with Crippen LogP contribution in [0.15, 0.2) is 42.5 Å². The van der Waals surface area contributed by atoms with Crippen LogP contribution in [0.25, 0.3) is 11.1 Å². The van der Waals surface area contributed by atoms with E-state index in [1.54, 1.807) is 19.1 Å². The molecule has 1 aliphatic heterocycles. The Labute approximate surface area is 223 Å². The van der Waals surface area contributed by atoms with Crippen LogP contribution in [0.1, 0.15) is 31.7 Å². The maximum atomic E-state index is 15.0. The standard InChI is InChI=1S/C26H29FN6O4S/c1-15(28)23(35)9-10-24-31-25(38-32-24)30-12-17-3-5-18(6-4-17)21-8-7-19(11-22(21)27)33-14-20(37-26(33)36)13-29-16(2)34/h3-8,11,15,20H,9-10,12-14,28H2,1-2H3,(H,29,34)(H,30,31,32)/t15-,20-/m0/s1. The predicted octanol–water partition coefficient (Wildman–Crippen LogP) is 3.27. The van der Waals surface area contributed by atoms with Crippen molar-refractivity contribution in [1.29, 1.82) is 0 Å². The van der Waals surface area contributed by atoms with Crippen LogP contribution in [0.4, 0.5) is 20.0 Å². The fourth-order valence-corrected chi connectivity index (χ4v) is 4.48. The number of cyclic esters (lactones) is 1. The molecule has 200 valence electrons. The number of ketones is 1. The summed E-state index contributed by atoms with van der Waals surface area (Å²) in [5.74, 6) is -0.0958. The van der Waals surface area contributed by atoms with Crippen LogP contribution in [-0.4, -0.2) is 52.4 Å². The van der Waals surface area contributed by atoms with Gasteiger partial charge in [-0.05, 0) is 36.2 Å². The molecule has 1 saturated heterocycles. The third-order valence-corrected chi connectivity index (χ3v) is 6.71. The molecule has 2 aromatic carbocycles. The van der Waals surface area contributed by atoms with Gasteiger partial charge in [0.05, 0.1) is 24.8 Å². The topological polar surface area (TPSA) is 140 Å². The number of hydrogen-bond acceptors (Lipinski definition) is 9. The van der Waals surface area contributed by atoms with E-state index in [1.807, 2.05) is 24.3 Å². The van der Waals surface area contributed by atoms with E-state index >= 15 is 4.39 Å². The summed E-state index contributed by atoms with van der Waals surface area (Å²) in [5.41, 5.74) is 8.05. The molecule has 4 N–H and O–H groups in total. The van der Waals surface area contributed by atoms with E-state index in [0.29, 0.717) is 47.2 Å². The summed E-state index contributed by atoms with van der Waals surface area (Å²) in [6.07, 6.45) is -0.306.